The molecule has 22 heavy (non-hydrogen) atoms. The Labute approximate surface area is 130 Å². The van der Waals surface area contributed by atoms with Crippen molar-refractivity contribution in [2.75, 3.05) is 5.32 Å². The zero-order chi connectivity index (χ0) is 15.1. The molecule has 0 aromatic heterocycles. The SMILES string of the molecule is O=C([O-])c1cccc2c1N[C@@H]([C@H]1CC=CCC1)[C@@H]1CC=C[C@H]21. The van der Waals surface area contributed by atoms with Crippen molar-refractivity contribution >= 4 is 11.7 Å². The van der Waals surface area contributed by atoms with E-state index in [9.17, 15) is 9.90 Å². The molecule has 1 aromatic rings. The molecule has 0 unspecified atom stereocenters. The summed E-state index contributed by atoms with van der Waals surface area (Å²) in [5, 5.41) is 15.1. The fourth-order valence-corrected chi connectivity index (χ4v) is 4.44. The topological polar surface area (TPSA) is 52.2 Å². The van der Waals surface area contributed by atoms with Crippen LogP contribution in [0.2, 0.25) is 0 Å². The van der Waals surface area contributed by atoms with Gasteiger partial charge in [-0.05, 0) is 43.1 Å². The molecule has 3 nitrogen and oxygen atoms in total. The van der Waals surface area contributed by atoms with Crippen molar-refractivity contribution < 1.29 is 9.90 Å². The number of anilines is 1. The van der Waals surface area contributed by atoms with Crippen molar-refractivity contribution in [1.82, 2.24) is 0 Å². The Morgan fingerprint density at radius 1 is 1.18 bits per heavy atom. The maximum absolute atomic E-state index is 11.5. The van der Waals surface area contributed by atoms with Crippen LogP contribution in [0.15, 0.2) is 42.5 Å². The number of fused-ring (bicyclic) bond motifs is 3. The second kappa shape index (κ2) is 5.31. The van der Waals surface area contributed by atoms with Crippen molar-refractivity contribution in [3.63, 3.8) is 0 Å². The molecule has 0 radical (unpaired) electrons. The molecule has 0 fully saturated rings. The van der Waals surface area contributed by atoms with Gasteiger partial charge in [-0.1, -0.05) is 42.5 Å². The van der Waals surface area contributed by atoms with E-state index in [4.69, 9.17) is 0 Å². The Hall–Kier alpha value is -2.03. The first kappa shape index (κ1) is 13.6. The third kappa shape index (κ3) is 2.07. The number of benzene rings is 1. The van der Waals surface area contributed by atoms with Gasteiger partial charge in [0.05, 0.1) is 5.97 Å². The van der Waals surface area contributed by atoms with Gasteiger partial charge in [0.1, 0.15) is 0 Å². The van der Waals surface area contributed by atoms with Gasteiger partial charge in [-0.2, -0.15) is 0 Å². The summed E-state index contributed by atoms with van der Waals surface area (Å²) in [4.78, 5) is 11.5. The lowest BCUT2D eigenvalue weighted by molar-refractivity contribution is -0.254. The number of para-hydroxylation sites is 1. The van der Waals surface area contributed by atoms with E-state index in [0.29, 0.717) is 29.4 Å². The first-order valence-corrected chi connectivity index (χ1v) is 8.18. The van der Waals surface area contributed by atoms with Crippen molar-refractivity contribution in [3.8, 4) is 0 Å². The molecule has 1 heterocycles. The highest BCUT2D eigenvalue weighted by atomic mass is 16.4. The molecule has 4 rings (SSSR count). The van der Waals surface area contributed by atoms with E-state index in [1.54, 1.807) is 6.07 Å². The van der Waals surface area contributed by atoms with E-state index in [-0.39, 0.29) is 0 Å². The standard InChI is InChI=1S/C19H21NO2/c21-19(22)16-11-5-10-15-13-8-4-9-14(13)17(20-18(15)16)12-6-2-1-3-7-12/h1-2,4-5,8,10-14,17,20H,3,6-7,9H2,(H,21,22)/p-1/t12-,13-,14+,17-/m0/s1. The first-order chi connectivity index (χ1) is 10.8. The average molecular weight is 294 g/mol. The zero-order valence-electron chi connectivity index (χ0n) is 12.5. The average Bonchev–Trinajstić information content (AvgIpc) is 3.04. The van der Waals surface area contributed by atoms with Crippen LogP contribution in [-0.2, 0) is 0 Å². The molecular formula is C19H20NO2-. The van der Waals surface area contributed by atoms with E-state index in [0.717, 1.165) is 30.5 Å². The molecule has 0 spiro atoms. The fourth-order valence-electron chi connectivity index (χ4n) is 4.44. The van der Waals surface area contributed by atoms with Gasteiger partial charge in [0.2, 0.25) is 0 Å². The zero-order valence-corrected chi connectivity index (χ0v) is 12.5. The molecule has 3 aliphatic rings. The molecule has 0 saturated carbocycles. The first-order valence-electron chi connectivity index (χ1n) is 8.18. The maximum atomic E-state index is 11.5. The van der Waals surface area contributed by atoms with Gasteiger partial charge in [-0.15, -0.1) is 0 Å². The molecular weight excluding hydrogens is 274 g/mol. The molecule has 1 N–H and O–H groups in total. The molecule has 2 aliphatic carbocycles. The van der Waals surface area contributed by atoms with E-state index in [1.165, 1.54) is 6.42 Å². The van der Waals surface area contributed by atoms with Crippen LogP contribution in [0.5, 0.6) is 0 Å². The molecule has 1 aliphatic heterocycles. The maximum Gasteiger partial charge on any atom is 0.0736 e. The van der Waals surface area contributed by atoms with Crippen LogP contribution in [0.25, 0.3) is 0 Å². The van der Waals surface area contributed by atoms with E-state index in [2.05, 4.69) is 35.7 Å². The van der Waals surface area contributed by atoms with Crippen LogP contribution < -0.4 is 10.4 Å². The van der Waals surface area contributed by atoms with Gasteiger partial charge in [0, 0.05) is 23.2 Å². The highest BCUT2D eigenvalue weighted by Crippen LogP contribution is 2.48. The van der Waals surface area contributed by atoms with Crippen LogP contribution in [-0.4, -0.2) is 12.0 Å². The monoisotopic (exact) mass is 294 g/mol. The lowest BCUT2D eigenvalue weighted by Gasteiger charge is -2.42. The van der Waals surface area contributed by atoms with Crippen molar-refractivity contribution in [2.45, 2.75) is 37.6 Å². The molecule has 114 valence electrons. The summed E-state index contributed by atoms with van der Waals surface area (Å²) >= 11 is 0. The third-order valence-electron chi connectivity index (χ3n) is 5.48. The summed E-state index contributed by atoms with van der Waals surface area (Å²) in [5.74, 6) is 0.375. The van der Waals surface area contributed by atoms with Crippen LogP contribution in [0, 0.1) is 11.8 Å². The minimum absolute atomic E-state index is 0.299. The summed E-state index contributed by atoms with van der Waals surface area (Å²) in [7, 11) is 0. The number of aromatic carboxylic acids is 1. The highest BCUT2D eigenvalue weighted by Gasteiger charge is 2.41. The van der Waals surface area contributed by atoms with E-state index >= 15 is 0 Å². The Morgan fingerprint density at radius 3 is 2.86 bits per heavy atom. The smallest absolute Gasteiger partial charge is 0.0736 e. The Kier molecular flexibility index (Phi) is 3.29. The number of carboxylic acids is 1. The summed E-state index contributed by atoms with van der Waals surface area (Å²) < 4.78 is 0. The molecule has 0 bridgehead atoms. The van der Waals surface area contributed by atoms with Crippen LogP contribution in [0.1, 0.15) is 47.5 Å². The fraction of sp³-hybridized carbons (Fsp3) is 0.421. The Bertz CT molecular complexity index is 661. The summed E-state index contributed by atoms with van der Waals surface area (Å²) in [6.07, 6.45) is 13.5. The number of allylic oxidation sites excluding steroid dienone is 4. The van der Waals surface area contributed by atoms with Gasteiger partial charge < -0.3 is 15.2 Å². The number of carbonyl (C=O) groups excluding carboxylic acids is 1. The van der Waals surface area contributed by atoms with Crippen LogP contribution in [0.3, 0.4) is 0 Å². The van der Waals surface area contributed by atoms with Crippen LogP contribution >= 0.6 is 0 Å². The summed E-state index contributed by atoms with van der Waals surface area (Å²) in [6, 6.07) is 5.88. The number of nitrogens with one attached hydrogen (secondary N) is 1. The third-order valence-corrected chi connectivity index (χ3v) is 5.48. The second-order valence-electron chi connectivity index (χ2n) is 6.63. The second-order valence-corrected chi connectivity index (χ2v) is 6.63. The number of rotatable bonds is 2. The highest BCUT2D eigenvalue weighted by molar-refractivity contribution is 5.94. The minimum atomic E-state index is -1.09. The van der Waals surface area contributed by atoms with E-state index < -0.39 is 5.97 Å². The van der Waals surface area contributed by atoms with Crippen molar-refractivity contribution in [3.05, 3.63) is 53.6 Å². The minimum Gasteiger partial charge on any atom is -0.545 e. The Balaban J connectivity index is 1.76. The normalized spacial score (nSPS) is 32.2. The summed E-state index contributed by atoms with van der Waals surface area (Å²) in [6.45, 7) is 0. The van der Waals surface area contributed by atoms with Gasteiger partial charge in [0.15, 0.2) is 0 Å². The molecule has 0 amide bonds. The van der Waals surface area contributed by atoms with Crippen molar-refractivity contribution in [1.29, 1.82) is 0 Å². The number of hydrogen-bond donors (Lipinski definition) is 1. The van der Waals surface area contributed by atoms with Gasteiger partial charge >= 0.3 is 0 Å². The van der Waals surface area contributed by atoms with Crippen LogP contribution in [0.4, 0.5) is 5.69 Å². The van der Waals surface area contributed by atoms with Gasteiger partial charge in [-0.3, -0.25) is 0 Å². The largest absolute Gasteiger partial charge is 0.545 e. The number of carbonyl (C=O) groups is 1. The predicted octanol–water partition coefficient (Wildman–Crippen LogP) is 2.86. The van der Waals surface area contributed by atoms with Gasteiger partial charge in [0.25, 0.3) is 0 Å². The molecule has 1 aromatic carbocycles. The quantitative estimate of drug-likeness (QED) is 0.853. The van der Waals surface area contributed by atoms with Gasteiger partial charge in [-0.25, -0.2) is 0 Å². The van der Waals surface area contributed by atoms with E-state index in [1.807, 2.05) is 6.07 Å². The molecule has 0 saturated heterocycles. The number of hydrogen-bond acceptors (Lipinski definition) is 3. The molecule has 4 atom stereocenters. The predicted molar refractivity (Wildman–Crippen MR) is 84.7 cm³/mol. The molecule has 3 heteroatoms. The lowest BCUT2D eigenvalue weighted by atomic mass is 9.71. The van der Waals surface area contributed by atoms with Crippen molar-refractivity contribution in [2.24, 2.45) is 11.8 Å². The lowest BCUT2D eigenvalue weighted by Crippen LogP contribution is -2.42. The summed E-state index contributed by atoms with van der Waals surface area (Å²) in [5.41, 5.74) is 2.20. The number of carboxylic acid groups (broad SMARTS) is 1. The Morgan fingerprint density at radius 2 is 2.09 bits per heavy atom.